The minimum Gasteiger partial charge on any atom is -0.456 e. The Balaban J connectivity index is 1.69. The van der Waals surface area contributed by atoms with E-state index in [1.165, 1.54) is 0 Å². The molecule has 0 aliphatic carbocycles. The number of fused-ring (bicyclic) bond motifs is 2. The molecule has 4 aromatic rings. The number of carbonyl (C=O) groups excluding carboxylic acids is 1. The highest BCUT2D eigenvalue weighted by atomic mass is 16.5. The predicted molar refractivity (Wildman–Crippen MR) is 97.0 cm³/mol. The van der Waals surface area contributed by atoms with Gasteiger partial charge in [0.05, 0.1) is 17.2 Å². The Bertz CT molecular complexity index is 1050. The smallest absolute Gasteiger partial charge is 0.230 e. The molecule has 0 saturated heterocycles. The van der Waals surface area contributed by atoms with Crippen molar-refractivity contribution >= 4 is 27.8 Å². The zero-order valence-electron chi connectivity index (χ0n) is 13.9. The van der Waals surface area contributed by atoms with E-state index in [0.29, 0.717) is 12.1 Å². The summed E-state index contributed by atoms with van der Waals surface area (Å²) in [5.74, 6) is 1.68. The Morgan fingerprint density at radius 1 is 1.04 bits per heavy atom. The van der Waals surface area contributed by atoms with Crippen LogP contribution in [0.4, 0.5) is 0 Å². The highest BCUT2D eigenvalue weighted by Crippen LogP contribution is 2.36. The average Bonchev–Trinajstić information content (AvgIpc) is 3.09. The number of ether oxygens (including phenoxy) is 1. The molecule has 0 atom stereocenters. The van der Waals surface area contributed by atoms with Gasteiger partial charge in [0, 0.05) is 11.8 Å². The van der Waals surface area contributed by atoms with Crippen LogP contribution >= 0.6 is 0 Å². The van der Waals surface area contributed by atoms with E-state index < -0.39 is 0 Å². The Morgan fingerprint density at radius 3 is 2.64 bits per heavy atom. The molecule has 4 rings (SSSR count). The van der Waals surface area contributed by atoms with Crippen LogP contribution in [-0.4, -0.2) is 10.8 Å². The van der Waals surface area contributed by atoms with Crippen LogP contribution in [0, 0.1) is 0 Å². The molecule has 2 aromatic carbocycles. The van der Waals surface area contributed by atoms with Gasteiger partial charge in [-0.25, -0.2) is 4.98 Å². The summed E-state index contributed by atoms with van der Waals surface area (Å²) in [5.41, 5.74) is 2.51. The highest BCUT2D eigenvalue weighted by molar-refractivity contribution is 5.99. The van der Waals surface area contributed by atoms with Crippen molar-refractivity contribution in [3.05, 3.63) is 66.4 Å². The summed E-state index contributed by atoms with van der Waals surface area (Å²) in [6.07, 6.45) is 2.93. The number of hydrogen-bond donors (Lipinski definition) is 0. The number of furan rings is 1. The van der Waals surface area contributed by atoms with Gasteiger partial charge in [0.25, 0.3) is 0 Å². The number of aryl methyl sites for hydroxylation is 1. The third-order valence-corrected chi connectivity index (χ3v) is 4.17. The molecule has 0 bridgehead atoms. The van der Waals surface area contributed by atoms with E-state index in [1.807, 2.05) is 54.6 Å². The number of para-hydroxylation sites is 1. The zero-order chi connectivity index (χ0) is 17.2. The van der Waals surface area contributed by atoms with Crippen LogP contribution in [-0.2, 0) is 11.2 Å². The van der Waals surface area contributed by atoms with Crippen molar-refractivity contribution in [3.63, 3.8) is 0 Å². The SMILES string of the molecule is CC(=O)CCc1ccc(Oc2c3ccccc3nc3occc23)cc1. The molecule has 0 aliphatic rings. The molecule has 0 spiro atoms. The van der Waals surface area contributed by atoms with Crippen LogP contribution in [0.5, 0.6) is 11.5 Å². The maximum absolute atomic E-state index is 11.1. The number of Topliss-reactive ketones (excluding diaryl/α,β-unsaturated/α-hetero) is 1. The topological polar surface area (TPSA) is 52.3 Å². The number of ketones is 1. The molecule has 0 unspecified atom stereocenters. The molecule has 0 saturated carbocycles. The Morgan fingerprint density at radius 2 is 1.84 bits per heavy atom. The maximum atomic E-state index is 11.1. The second kappa shape index (κ2) is 6.40. The molecule has 25 heavy (non-hydrogen) atoms. The van der Waals surface area contributed by atoms with Crippen LogP contribution in [0.25, 0.3) is 22.0 Å². The third kappa shape index (κ3) is 3.11. The predicted octanol–water partition coefficient (Wildman–Crippen LogP) is 5.29. The van der Waals surface area contributed by atoms with Gasteiger partial charge in [-0.2, -0.15) is 0 Å². The number of carbonyl (C=O) groups is 1. The van der Waals surface area contributed by atoms with E-state index in [-0.39, 0.29) is 5.78 Å². The normalized spacial score (nSPS) is 11.1. The molecule has 0 amide bonds. The van der Waals surface area contributed by atoms with E-state index in [4.69, 9.17) is 9.15 Å². The van der Waals surface area contributed by atoms with Gasteiger partial charge in [-0.15, -0.1) is 0 Å². The monoisotopic (exact) mass is 331 g/mol. The van der Waals surface area contributed by atoms with Crippen molar-refractivity contribution in [2.45, 2.75) is 19.8 Å². The summed E-state index contributed by atoms with van der Waals surface area (Å²) in [6, 6.07) is 17.5. The molecule has 4 nitrogen and oxygen atoms in total. The summed E-state index contributed by atoms with van der Waals surface area (Å²) in [4.78, 5) is 15.6. The number of nitrogens with zero attached hydrogens (tertiary/aromatic N) is 1. The van der Waals surface area contributed by atoms with Gasteiger partial charge < -0.3 is 13.9 Å². The van der Waals surface area contributed by atoms with Crippen molar-refractivity contribution < 1.29 is 13.9 Å². The lowest BCUT2D eigenvalue weighted by Gasteiger charge is -2.10. The number of pyridine rings is 1. The second-order valence-corrected chi connectivity index (χ2v) is 6.05. The summed E-state index contributed by atoms with van der Waals surface area (Å²) in [7, 11) is 0. The van der Waals surface area contributed by atoms with Crippen molar-refractivity contribution in [1.82, 2.24) is 4.98 Å². The van der Waals surface area contributed by atoms with Crippen molar-refractivity contribution in [1.29, 1.82) is 0 Å². The summed E-state index contributed by atoms with van der Waals surface area (Å²) in [5, 5.41) is 1.79. The number of hydrogen-bond acceptors (Lipinski definition) is 4. The van der Waals surface area contributed by atoms with Gasteiger partial charge in [0.1, 0.15) is 17.3 Å². The van der Waals surface area contributed by atoms with Gasteiger partial charge in [-0.3, -0.25) is 0 Å². The maximum Gasteiger partial charge on any atom is 0.230 e. The fraction of sp³-hybridized carbons (Fsp3) is 0.143. The van der Waals surface area contributed by atoms with Crippen molar-refractivity contribution in [2.75, 3.05) is 0 Å². The molecule has 0 N–H and O–H groups in total. The Hall–Kier alpha value is -3.14. The summed E-state index contributed by atoms with van der Waals surface area (Å²) >= 11 is 0. The van der Waals surface area contributed by atoms with Crippen LogP contribution in [0.15, 0.2) is 65.3 Å². The molecule has 2 heterocycles. The minimum absolute atomic E-state index is 0.200. The Kier molecular flexibility index (Phi) is 3.94. The number of benzene rings is 2. The largest absolute Gasteiger partial charge is 0.456 e. The fourth-order valence-corrected chi connectivity index (χ4v) is 2.85. The van der Waals surface area contributed by atoms with Gasteiger partial charge in [0.15, 0.2) is 0 Å². The van der Waals surface area contributed by atoms with E-state index >= 15 is 0 Å². The van der Waals surface area contributed by atoms with Gasteiger partial charge in [-0.1, -0.05) is 24.3 Å². The number of rotatable bonds is 5. The van der Waals surface area contributed by atoms with Crippen LogP contribution in [0.1, 0.15) is 18.9 Å². The standard InChI is InChI=1S/C21H17NO3/c1-14(23)6-7-15-8-10-16(11-9-15)25-20-17-4-2-3-5-19(17)22-21-18(20)12-13-24-21/h2-5,8-13H,6-7H2,1H3. The summed E-state index contributed by atoms with van der Waals surface area (Å²) in [6.45, 7) is 1.61. The lowest BCUT2D eigenvalue weighted by atomic mass is 10.1. The van der Waals surface area contributed by atoms with Gasteiger partial charge >= 0.3 is 0 Å². The first kappa shape index (κ1) is 15.4. The first-order valence-corrected chi connectivity index (χ1v) is 8.23. The lowest BCUT2D eigenvalue weighted by molar-refractivity contribution is -0.116. The van der Waals surface area contributed by atoms with E-state index in [2.05, 4.69) is 4.98 Å². The molecule has 0 radical (unpaired) electrons. The van der Waals surface area contributed by atoms with E-state index in [1.54, 1.807) is 13.2 Å². The van der Waals surface area contributed by atoms with Gasteiger partial charge in [0.2, 0.25) is 5.71 Å². The van der Waals surface area contributed by atoms with Crippen molar-refractivity contribution in [2.24, 2.45) is 0 Å². The summed E-state index contributed by atoms with van der Waals surface area (Å²) < 4.78 is 11.6. The first-order valence-electron chi connectivity index (χ1n) is 8.23. The lowest BCUT2D eigenvalue weighted by Crippen LogP contribution is -1.94. The minimum atomic E-state index is 0.200. The van der Waals surface area contributed by atoms with E-state index in [0.717, 1.165) is 39.8 Å². The van der Waals surface area contributed by atoms with Crippen LogP contribution in [0.2, 0.25) is 0 Å². The second-order valence-electron chi connectivity index (χ2n) is 6.05. The van der Waals surface area contributed by atoms with E-state index in [9.17, 15) is 4.79 Å². The number of aromatic nitrogens is 1. The van der Waals surface area contributed by atoms with Crippen molar-refractivity contribution in [3.8, 4) is 11.5 Å². The van der Waals surface area contributed by atoms with Gasteiger partial charge in [-0.05, 0) is 49.2 Å². The molecule has 0 fully saturated rings. The third-order valence-electron chi connectivity index (χ3n) is 4.17. The molecule has 2 aromatic heterocycles. The molecule has 0 aliphatic heterocycles. The Labute approximate surface area is 145 Å². The van der Waals surface area contributed by atoms with Crippen LogP contribution in [0.3, 0.4) is 0 Å². The highest BCUT2D eigenvalue weighted by Gasteiger charge is 2.13. The first-order chi connectivity index (χ1) is 12.2. The average molecular weight is 331 g/mol. The fourth-order valence-electron chi connectivity index (χ4n) is 2.85. The molecule has 4 heteroatoms. The molecular weight excluding hydrogens is 314 g/mol. The zero-order valence-corrected chi connectivity index (χ0v) is 13.9. The molecular formula is C21H17NO3. The quantitative estimate of drug-likeness (QED) is 0.498. The van der Waals surface area contributed by atoms with Crippen LogP contribution < -0.4 is 4.74 Å². The molecule has 124 valence electrons.